The molecule has 8 nitrogen and oxygen atoms in total. The van der Waals surface area contributed by atoms with Crippen molar-refractivity contribution >= 4 is 28.2 Å². The maximum absolute atomic E-state index is 9.34. The van der Waals surface area contributed by atoms with Gasteiger partial charge in [-0.1, -0.05) is 54.1 Å². The minimum Gasteiger partial charge on any atom is -0.424 e. The predicted octanol–water partition coefficient (Wildman–Crippen LogP) is 5.57. The molecule has 9 heteroatoms. The van der Waals surface area contributed by atoms with Gasteiger partial charge in [0.1, 0.15) is 11.6 Å². The van der Waals surface area contributed by atoms with Gasteiger partial charge in [0.2, 0.25) is 0 Å². The molecule has 3 aliphatic heterocycles. The molecule has 0 radical (unpaired) electrons. The molecule has 1 unspecified atom stereocenters. The second kappa shape index (κ2) is 11.5. The fraction of sp³-hybridized carbons (Fsp3) is 0.364. The molecule has 3 aromatic carbocycles. The van der Waals surface area contributed by atoms with Gasteiger partial charge in [-0.3, -0.25) is 0 Å². The molecule has 7 rings (SSSR count). The molecular formula is C33H33ClN6O2. The molecule has 42 heavy (non-hydrogen) atoms. The molecule has 2 atom stereocenters. The first-order chi connectivity index (χ1) is 20.6. The normalized spacial score (nSPS) is 20.5. The molecule has 4 heterocycles. The van der Waals surface area contributed by atoms with Crippen LogP contribution >= 0.6 is 11.6 Å². The van der Waals surface area contributed by atoms with Crippen molar-refractivity contribution in [2.75, 3.05) is 38.1 Å². The molecule has 3 aliphatic rings. The second-order valence-electron chi connectivity index (χ2n) is 11.4. The summed E-state index contributed by atoms with van der Waals surface area (Å²) >= 11 is 6.69. The van der Waals surface area contributed by atoms with E-state index in [4.69, 9.17) is 31.0 Å². The smallest absolute Gasteiger partial charge is 0.324 e. The average molecular weight is 581 g/mol. The Kier molecular flexibility index (Phi) is 7.43. The summed E-state index contributed by atoms with van der Waals surface area (Å²) < 4.78 is 13.0. The number of aromatic nitrogens is 2. The lowest BCUT2D eigenvalue weighted by Crippen LogP contribution is -2.51. The number of fused-ring (bicyclic) bond motifs is 3. The van der Waals surface area contributed by atoms with Crippen molar-refractivity contribution in [3.63, 3.8) is 0 Å². The van der Waals surface area contributed by atoms with Crippen LogP contribution < -0.4 is 15.0 Å². The van der Waals surface area contributed by atoms with Gasteiger partial charge in [-0.25, -0.2) is 0 Å². The number of likely N-dealkylation sites (N-methyl/N-ethyl adjacent to an activating group) is 1. The first-order valence-corrected chi connectivity index (χ1v) is 15.0. The summed E-state index contributed by atoms with van der Waals surface area (Å²) in [5, 5.41) is 15.6. The van der Waals surface area contributed by atoms with Crippen LogP contribution in [0.1, 0.15) is 40.5 Å². The van der Waals surface area contributed by atoms with Crippen LogP contribution in [-0.4, -0.2) is 54.1 Å². The zero-order valence-corrected chi connectivity index (χ0v) is 24.4. The lowest BCUT2D eigenvalue weighted by molar-refractivity contribution is 0.0267. The summed E-state index contributed by atoms with van der Waals surface area (Å²) in [5.74, 6) is 1.63. The van der Waals surface area contributed by atoms with Crippen molar-refractivity contribution in [2.24, 2.45) is 0 Å². The number of piperazine rings is 1. The molecule has 0 saturated carbocycles. The van der Waals surface area contributed by atoms with E-state index in [1.165, 1.54) is 11.1 Å². The fourth-order valence-corrected chi connectivity index (χ4v) is 6.76. The lowest BCUT2D eigenvalue weighted by atomic mass is 9.94. The zero-order chi connectivity index (χ0) is 28.6. The SMILES string of the molecule is CN1CCc2cccc(Oc3nc4c(c(N5CCN[C@@H](CC#N)C5)n3)COC(c3cccc5cccc(Cl)c35)C4)c2C1. The van der Waals surface area contributed by atoms with Gasteiger partial charge in [-0.2, -0.15) is 15.2 Å². The molecule has 0 spiro atoms. The van der Waals surface area contributed by atoms with Crippen LogP contribution in [0.4, 0.5) is 5.82 Å². The molecule has 214 valence electrons. The summed E-state index contributed by atoms with van der Waals surface area (Å²) in [6.45, 7) is 4.48. The standard InChI is InChI=1S/C33H33ClN6O2/c1-39-15-12-21-5-4-10-29(25(21)19-39)42-33-37-28-17-30(24-8-2-6-22-7-3-9-27(34)31(22)24)41-20-26(28)32(38-33)40-16-14-36-23(18-40)11-13-35/h2-10,23,30,36H,11-12,14-20H2,1H3/t23-,30?/m0/s1. The van der Waals surface area contributed by atoms with E-state index in [1.54, 1.807) is 0 Å². The lowest BCUT2D eigenvalue weighted by Gasteiger charge is -2.36. The van der Waals surface area contributed by atoms with Crippen molar-refractivity contribution < 1.29 is 9.47 Å². The fourth-order valence-electron chi connectivity index (χ4n) is 6.47. The van der Waals surface area contributed by atoms with Gasteiger partial charge < -0.3 is 24.6 Å². The largest absolute Gasteiger partial charge is 0.424 e. The number of anilines is 1. The Labute approximate surface area is 250 Å². The molecular weight excluding hydrogens is 548 g/mol. The highest BCUT2D eigenvalue weighted by molar-refractivity contribution is 6.35. The zero-order valence-electron chi connectivity index (χ0n) is 23.6. The number of benzene rings is 3. The van der Waals surface area contributed by atoms with Crippen molar-refractivity contribution in [3.8, 4) is 17.8 Å². The van der Waals surface area contributed by atoms with E-state index >= 15 is 0 Å². The Bertz CT molecular complexity index is 1680. The van der Waals surface area contributed by atoms with E-state index in [2.05, 4.69) is 64.6 Å². The van der Waals surface area contributed by atoms with E-state index in [1.807, 2.05) is 18.2 Å². The molecule has 0 amide bonds. The van der Waals surface area contributed by atoms with E-state index in [0.29, 0.717) is 37.0 Å². The van der Waals surface area contributed by atoms with Crippen LogP contribution in [-0.2, 0) is 30.7 Å². The Morgan fingerprint density at radius 3 is 2.83 bits per heavy atom. The molecule has 4 aromatic rings. The number of nitrogens with one attached hydrogen (secondary N) is 1. The van der Waals surface area contributed by atoms with Gasteiger partial charge in [0.25, 0.3) is 0 Å². The molecule has 1 N–H and O–H groups in total. The highest BCUT2D eigenvalue weighted by Gasteiger charge is 2.31. The highest BCUT2D eigenvalue weighted by Crippen LogP contribution is 2.40. The third kappa shape index (κ3) is 5.18. The highest BCUT2D eigenvalue weighted by atomic mass is 35.5. The first kappa shape index (κ1) is 27.1. The summed E-state index contributed by atoms with van der Waals surface area (Å²) in [4.78, 5) is 14.6. The third-order valence-electron chi connectivity index (χ3n) is 8.61. The van der Waals surface area contributed by atoms with Crippen LogP contribution in [0.15, 0.2) is 54.6 Å². The number of hydrogen-bond donors (Lipinski definition) is 1. The maximum atomic E-state index is 9.34. The molecule has 0 bridgehead atoms. The van der Waals surface area contributed by atoms with Gasteiger partial charge in [-0.15, -0.1) is 0 Å². The van der Waals surface area contributed by atoms with Crippen LogP contribution in [0.2, 0.25) is 5.02 Å². The van der Waals surface area contributed by atoms with Crippen LogP contribution in [0.3, 0.4) is 0 Å². The Balaban J connectivity index is 1.28. The molecule has 0 aliphatic carbocycles. The van der Waals surface area contributed by atoms with Gasteiger partial charge in [-0.05, 0) is 42.1 Å². The number of nitrogens with zero attached hydrogens (tertiary/aromatic N) is 5. The summed E-state index contributed by atoms with van der Waals surface area (Å²) in [5.41, 5.74) is 5.47. The van der Waals surface area contributed by atoms with Crippen molar-refractivity contribution in [1.82, 2.24) is 20.2 Å². The van der Waals surface area contributed by atoms with E-state index < -0.39 is 0 Å². The number of halogens is 1. The van der Waals surface area contributed by atoms with Crippen LogP contribution in [0.25, 0.3) is 10.8 Å². The third-order valence-corrected chi connectivity index (χ3v) is 8.92. The molecule has 1 fully saturated rings. The molecule has 1 saturated heterocycles. The number of rotatable bonds is 5. The predicted molar refractivity (Wildman–Crippen MR) is 163 cm³/mol. The van der Waals surface area contributed by atoms with Gasteiger partial charge in [0.05, 0.1) is 30.9 Å². The van der Waals surface area contributed by atoms with Gasteiger partial charge >= 0.3 is 6.01 Å². The Hall–Kier alpha value is -3.74. The quantitative estimate of drug-likeness (QED) is 0.328. The minimum absolute atomic E-state index is 0.0745. The van der Waals surface area contributed by atoms with E-state index in [0.717, 1.165) is 71.8 Å². The number of nitriles is 1. The van der Waals surface area contributed by atoms with Gasteiger partial charge in [0.15, 0.2) is 0 Å². The summed E-state index contributed by atoms with van der Waals surface area (Å²) in [6.07, 6.45) is 1.81. The summed E-state index contributed by atoms with van der Waals surface area (Å²) in [7, 11) is 2.13. The monoisotopic (exact) mass is 580 g/mol. The van der Waals surface area contributed by atoms with Crippen molar-refractivity contribution in [1.29, 1.82) is 5.26 Å². The molecule has 1 aromatic heterocycles. The van der Waals surface area contributed by atoms with Crippen molar-refractivity contribution in [2.45, 2.75) is 44.6 Å². The minimum atomic E-state index is -0.204. The first-order valence-electron chi connectivity index (χ1n) is 14.6. The van der Waals surface area contributed by atoms with E-state index in [-0.39, 0.29) is 12.1 Å². The van der Waals surface area contributed by atoms with Crippen molar-refractivity contribution in [3.05, 3.63) is 87.6 Å². The Morgan fingerprint density at radius 2 is 1.95 bits per heavy atom. The Morgan fingerprint density at radius 1 is 1.10 bits per heavy atom. The number of ether oxygens (including phenoxy) is 2. The number of hydrogen-bond acceptors (Lipinski definition) is 8. The van der Waals surface area contributed by atoms with Crippen LogP contribution in [0, 0.1) is 11.3 Å². The van der Waals surface area contributed by atoms with Gasteiger partial charge in [0, 0.05) is 66.7 Å². The second-order valence-corrected chi connectivity index (χ2v) is 11.8. The van der Waals surface area contributed by atoms with Crippen LogP contribution in [0.5, 0.6) is 11.8 Å². The topological polar surface area (TPSA) is 86.5 Å². The van der Waals surface area contributed by atoms with E-state index in [9.17, 15) is 5.26 Å². The maximum Gasteiger partial charge on any atom is 0.324 e. The average Bonchev–Trinajstić information content (AvgIpc) is 3.01. The summed E-state index contributed by atoms with van der Waals surface area (Å²) in [6, 6.07) is 21.2.